The number of ether oxygens (including phenoxy) is 2. The summed E-state index contributed by atoms with van der Waals surface area (Å²) in [5, 5.41) is 5.39. The van der Waals surface area contributed by atoms with E-state index in [9.17, 15) is 9.59 Å². The van der Waals surface area contributed by atoms with Gasteiger partial charge in [-0.2, -0.15) is 0 Å². The molecule has 1 aromatic carbocycles. The number of carbonyl (C=O) groups is 2. The van der Waals surface area contributed by atoms with Crippen LogP contribution in [0, 0.1) is 0 Å². The standard InChI is InChI=1S/C18H22N2O4/c1-4-6-10-24-17(21)15-12(3)19-18(22)20-16(15)13-8-7-9-14(11-13)23-5-2/h4,6-9,11,16H,5,10H2,1-3H3,(H2,19,20,22)/b6-4-/t16-/m0/s1. The van der Waals surface area contributed by atoms with Crippen LogP contribution in [-0.2, 0) is 9.53 Å². The number of nitrogens with one attached hydrogen (secondary N) is 2. The number of urea groups is 1. The molecule has 0 saturated heterocycles. The monoisotopic (exact) mass is 330 g/mol. The summed E-state index contributed by atoms with van der Waals surface area (Å²) in [6.07, 6.45) is 3.55. The molecule has 2 rings (SSSR count). The Bertz CT molecular complexity index is 679. The van der Waals surface area contributed by atoms with Crippen LogP contribution in [0.15, 0.2) is 47.7 Å². The lowest BCUT2D eigenvalue weighted by molar-refractivity contribution is -0.138. The maximum Gasteiger partial charge on any atom is 0.338 e. The second-order valence-electron chi connectivity index (χ2n) is 5.24. The normalized spacial score (nSPS) is 17.5. The van der Waals surface area contributed by atoms with Gasteiger partial charge in [-0.15, -0.1) is 0 Å². The summed E-state index contributed by atoms with van der Waals surface area (Å²) in [5.41, 5.74) is 1.62. The van der Waals surface area contributed by atoms with Gasteiger partial charge in [0.15, 0.2) is 0 Å². The highest BCUT2D eigenvalue weighted by molar-refractivity contribution is 5.95. The van der Waals surface area contributed by atoms with Crippen molar-refractivity contribution in [2.75, 3.05) is 13.2 Å². The summed E-state index contributed by atoms with van der Waals surface area (Å²) >= 11 is 0. The van der Waals surface area contributed by atoms with Gasteiger partial charge in [0.1, 0.15) is 12.4 Å². The summed E-state index contributed by atoms with van der Waals surface area (Å²) in [5.74, 6) is 0.215. The highest BCUT2D eigenvalue weighted by atomic mass is 16.5. The lowest BCUT2D eigenvalue weighted by atomic mass is 9.95. The molecule has 0 fully saturated rings. The van der Waals surface area contributed by atoms with Gasteiger partial charge in [0.2, 0.25) is 0 Å². The number of amides is 2. The van der Waals surface area contributed by atoms with Gasteiger partial charge in [-0.25, -0.2) is 9.59 Å². The minimum Gasteiger partial charge on any atom is -0.494 e. The lowest BCUT2D eigenvalue weighted by Gasteiger charge is -2.28. The van der Waals surface area contributed by atoms with Crippen LogP contribution < -0.4 is 15.4 Å². The zero-order valence-corrected chi connectivity index (χ0v) is 14.1. The molecule has 2 N–H and O–H groups in total. The number of esters is 1. The molecule has 2 amide bonds. The molecule has 1 aliphatic rings. The molecule has 0 bridgehead atoms. The first kappa shape index (κ1) is 17.6. The largest absolute Gasteiger partial charge is 0.494 e. The van der Waals surface area contributed by atoms with Gasteiger partial charge >= 0.3 is 12.0 Å². The van der Waals surface area contributed by atoms with Crippen molar-refractivity contribution in [2.24, 2.45) is 0 Å². The predicted octanol–water partition coefficient (Wildman–Crippen LogP) is 2.83. The first-order chi connectivity index (χ1) is 11.6. The number of carbonyl (C=O) groups excluding carboxylic acids is 2. The van der Waals surface area contributed by atoms with Crippen molar-refractivity contribution < 1.29 is 19.1 Å². The summed E-state index contributed by atoms with van der Waals surface area (Å²) in [4.78, 5) is 24.3. The minimum atomic E-state index is -0.586. The zero-order valence-electron chi connectivity index (χ0n) is 14.1. The maximum absolute atomic E-state index is 12.4. The van der Waals surface area contributed by atoms with E-state index in [0.29, 0.717) is 23.6 Å². The Morgan fingerprint density at radius 1 is 1.38 bits per heavy atom. The summed E-state index contributed by atoms with van der Waals surface area (Å²) in [6, 6.07) is 6.36. The molecule has 6 heteroatoms. The van der Waals surface area contributed by atoms with Crippen molar-refractivity contribution in [1.29, 1.82) is 0 Å². The molecule has 0 radical (unpaired) electrons. The van der Waals surface area contributed by atoms with E-state index >= 15 is 0 Å². The zero-order chi connectivity index (χ0) is 17.5. The molecule has 0 saturated carbocycles. The third kappa shape index (κ3) is 4.16. The first-order valence-electron chi connectivity index (χ1n) is 7.86. The molecule has 0 aliphatic carbocycles. The number of benzene rings is 1. The number of hydrogen-bond donors (Lipinski definition) is 2. The van der Waals surface area contributed by atoms with Gasteiger partial charge in [0.05, 0.1) is 18.2 Å². The molecule has 0 aromatic heterocycles. The molecule has 128 valence electrons. The van der Waals surface area contributed by atoms with E-state index in [2.05, 4.69) is 10.6 Å². The highest BCUT2D eigenvalue weighted by Crippen LogP contribution is 2.29. The van der Waals surface area contributed by atoms with E-state index in [4.69, 9.17) is 9.47 Å². The van der Waals surface area contributed by atoms with Gasteiger partial charge in [-0.3, -0.25) is 0 Å². The quantitative estimate of drug-likeness (QED) is 0.621. The summed E-state index contributed by atoms with van der Waals surface area (Å²) in [6.45, 7) is 6.15. The van der Waals surface area contributed by atoms with Gasteiger partial charge < -0.3 is 20.1 Å². The van der Waals surface area contributed by atoms with E-state index in [-0.39, 0.29) is 12.6 Å². The highest BCUT2D eigenvalue weighted by Gasteiger charge is 2.32. The van der Waals surface area contributed by atoms with Crippen LogP contribution in [0.1, 0.15) is 32.4 Å². The third-order valence-corrected chi connectivity index (χ3v) is 3.54. The Hall–Kier alpha value is -2.76. The Labute approximate surface area is 141 Å². The van der Waals surface area contributed by atoms with Crippen LogP contribution in [0.2, 0.25) is 0 Å². The molecule has 24 heavy (non-hydrogen) atoms. The summed E-state index contributed by atoms with van der Waals surface area (Å²) < 4.78 is 10.7. The van der Waals surface area contributed by atoms with E-state index in [1.54, 1.807) is 19.1 Å². The lowest BCUT2D eigenvalue weighted by Crippen LogP contribution is -2.45. The molecule has 6 nitrogen and oxygen atoms in total. The van der Waals surface area contributed by atoms with Gasteiger partial charge in [0, 0.05) is 5.70 Å². The first-order valence-corrected chi connectivity index (χ1v) is 7.86. The van der Waals surface area contributed by atoms with Crippen molar-refractivity contribution in [2.45, 2.75) is 26.8 Å². The van der Waals surface area contributed by atoms with Crippen molar-refractivity contribution in [3.8, 4) is 5.75 Å². The van der Waals surface area contributed by atoms with E-state index in [1.807, 2.05) is 38.1 Å². The van der Waals surface area contributed by atoms with Crippen LogP contribution >= 0.6 is 0 Å². The SMILES string of the molecule is C/C=C\COC(=O)C1=C(C)NC(=O)N[C@H]1c1cccc(OCC)c1. The Morgan fingerprint density at radius 3 is 2.88 bits per heavy atom. The molecular formula is C18H22N2O4. The molecule has 1 aliphatic heterocycles. The molecule has 1 atom stereocenters. The third-order valence-electron chi connectivity index (χ3n) is 3.54. The predicted molar refractivity (Wildman–Crippen MR) is 90.5 cm³/mol. The molecule has 1 aromatic rings. The van der Waals surface area contributed by atoms with Crippen molar-refractivity contribution in [1.82, 2.24) is 10.6 Å². The Balaban J connectivity index is 2.34. The topological polar surface area (TPSA) is 76.7 Å². The molecular weight excluding hydrogens is 308 g/mol. The fourth-order valence-corrected chi connectivity index (χ4v) is 2.46. The van der Waals surface area contributed by atoms with E-state index < -0.39 is 12.0 Å². The van der Waals surface area contributed by atoms with Gasteiger partial charge in [0.25, 0.3) is 0 Å². The molecule has 0 spiro atoms. The van der Waals surface area contributed by atoms with Crippen LogP contribution in [0.4, 0.5) is 4.79 Å². The van der Waals surface area contributed by atoms with Crippen molar-refractivity contribution in [3.05, 3.63) is 53.3 Å². The van der Waals surface area contributed by atoms with Gasteiger partial charge in [-0.05, 0) is 38.5 Å². The van der Waals surface area contributed by atoms with Gasteiger partial charge in [-0.1, -0.05) is 24.3 Å². The second-order valence-corrected chi connectivity index (χ2v) is 5.24. The number of allylic oxidation sites excluding steroid dienone is 2. The Kier molecular flexibility index (Phi) is 6.01. The molecule has 0 unspecified atom stereocenters. The molecule has 1 heterocycles. The van der Waals surface area contributed by atoms with Crippen molar-refractivity contribution in [3.63, 3.8) is 0 Å². The number of hydrogen-bond acceptors (Lipinski definition) is 4. The Morgan fingerprint density at radius 2 is 2.17 bits per heavy atom. The maximum atomic E-state index is 12.4. The minimum absolute atomic E-state index is 0.186. The van der Waals surface area contributed by atoms with Crippen LogP contribution in [0.3, 0.4) is 0 Å². The van der Waals surface area contributed by atoms with E-state index in [1.165, 1.54) is 0 Å². The van der Waals surface area contributed by atoms with Crippen LogP contribution in [0.5, 0.6) is 5.75 Å². The fourth-order valence-electron chi connectivity index (χ4n) is 2.46. The summed E-state index contributed by atoms with van der Waals surface area (Å²) in [7, 11) is 0. The smallest absolute Gasteiger partial charge is 0.338 e. The van der Waals surface area contributed by atoms with Crippen LogP contribution in [0.25, 0.3) is 0 Å². The fraction of sp³-hybridized carbons (Fsp3) is 0.333. The average Bonchev–Trinajstić information content (AvgIpc) is 2.55. The van der Waals surface area contributed by atoms with Crippen molar-refractivity contribution >= 4 is 12.0 Å². The average molecular weight is 330 g/mol. The van der Waals surface area contributed by atoms with E-state index in [0.717, 1.165) is 5.56 Å². The van der Waals surface area contributed by atoms with Crippen LogP contribution in [-0.4, -0.2) is 25.2 Å². The second kappa shape index (κ2) is 8.19. The number of rotatable bonds is 6.